The molecular formula is C7H10ClNS. The summed E-state index contributed by atoms with van der Waals surface area (Å²) in [6.07, 6.45) is 0.514. The Labute approximate surface area is 73.7 Å². The molecule has 1 nitrogen and oxygen atoms in total. The Morgan fingerprint density at radius 1 is 1.70 bits per heavy atom. The highest BCUT2D eigenvalue weighted by Crippen LogP contribution is 2.19. The second-order valence-electron chi connectivity index (χ2n) is 2.08. The second kappa shape index (κ2) is 3.37. The van der Waals surface area contributed by atoms with Gasteiger partial charge in [0.05, 0.1) is 0 Å². The van der Waals surface area contributed by atoms with Crippen LogP contribution in [0.1, 0.15) is 13.2 Å². The van der Waals surface area contributed by atoms with Crippen LogP contribution in [-0.2, 0) is 13.0 Å². The van der Waals surface area contributed by atoms with Crippen LogP contribution in [0.2, 0.25) is 0 Å². The Morgan fingerprint density at radius 2 is 2.60 bits per heavy atom. The largest absolute Gasteiger partial charge is 0.312 e. The van der Waals surface area contributed by atoms with Gasteiger partial charge in [0.1, 0.15) is 0 Å². The van der Waals surface area contributed by atoms with E-state index in [2.05, 4.69) is 11.4 Å². The molecule has 0 unspecified atom stereocenters. The van der Waals surface area contributed by atoms with E-state index in [-0.39, 0.29) is 12.4 Å². The van der Waals surface area contributed by atoms with Crippen LogP contribution < -0.4 is 5.32 Å². The zero-order valence-electron chi connectivity index (χ0n) is 7.39. The number of halogens is 1. The monoisotopic (exact) mass is 178 g/mol. The van der Waals surface area contributed by atoms with Gasteiger partial charge >= 0.3 is 0 Å². The van der Waals surface area contributed by atoms with Gasteiger partial charge in [-0.25, -0.2) is 0 Å². The summed E-state index contributed by atoms with van der Waals surface area (Å²) in [5.74, 6) is 0. The molecule has 56 valence electrons. The van der Waals surface area contributed by atoms with E-state index in [1.165, 1.54) is 10.4 Å². The van der Waals surface area contributed by atoms with Crippen LogP contribution in [0.5, 0.6) is 0 Å². The maximum Gasteiger partial charge on any atom is 0.0432 e. The van der Waals surface area contributed by atoms with Crippen molar-refractivity contribution in [3.63, 3.8) is 0 Å². The van der Waals surface area contributed by atoms with Gasteiger partial charge in [0.25, 0.3) is 0 Å². The minimum Gasteiger partial charge on any atom is -0.312 e. The molecule has 0 saturated heterocycles. The predicted octanol–water partition coefficient (Wildman–Crippen LogP) is 1.82. The Morgan fingerprint density at radius 3 is 3.50 bits per heavy atom. The summed E-state index contributed by atoms with van der Waals surface area (Å²) in [6.45, 7) is -0.524. The molecule has 0 saturated carbocycles. The van der Waals surface area contributed by atoms with E-state index < -0.39 is 6.50 Å². The molecule has 0 spiro atoms. The van der Waals surface area contributed by atoms with Crippen molar-refractivity contribution < 1.29 is 2.74 Å². The summed E-state index contributed by atoms with van der Waals surface area (Å²) in [4.78, 5) is 1.19. The lowest BCUT2D eigenvalue weighted by molar-refractivity contribution is 0.653. The molecule has 0 amide bonds. The molecule has 1 N–H and O–H groups in total. The summed E-state index contributed by atoms with van der Waals surface area (Å²) in [6, 6.07) is 2.06. The number of thiophene rings is 1. The Hall–Kier alpha value is -0.0500. The van der Waals surface area contributed by atoms with Gasteiger partial charge in [0.15, 0.2) is 0 Å². The number of fused-ring (bicyclic) bond motifs is 1. The standard InChI is InChI=1S/C7H9NS.ClH/c1-3-8-5-6-2-4-9-7(1)6;/h2,4,8H,1,3,5H2;1H/i3+1D2;. The molecule has 10 heavy (non-hydrogen) atoms. The van der Waals surface area contributed by atoms with E-state index in [0.717, 1.165) is 0 Å². The average molecular weight is 179 g/mol. The van der Waals surface area contributed by atoms with Crippen LogP contribution >= 0.6 is 23.7 Å². The van der Waals surface area contributed by atoms with Crippen molar-refractivity contribution in [3.8, 4) is 0 Å². The lowest BCUT2D eigenvalue weighted by atomic mass is 10.2. The minimum atomic E-state index is -1.20. The quantitative estimate of drug-likeness (QED) is 0.598. The molecule has 0 fully saturated rings. The summed E-state index contributed by atoms with van der Waals surface area (Å²) < 4.78 is 14.9. The number of aryl methyl sites for hydroxylation is 1. The molecule has 0 bridgehead atoms. The third-order valence-electron chi connectivity index (χ3n) is 1.49. The SMILES string of the molecule is Cl.[2H][13C]1([2H])Cc2sccc2CN1. The van der Waals surface area contributed by atoms with Crippen LogP contribution in [0.3, 0.4) is 0 Å². The Kier molecular flexibility index (Phi) is 1.88. The molecule has 0 radical (unpaired) electrons. The zero-order valence-corrected chi connectivity index (χ0v) is 7.02. The molecule has 0 aliphatic carbocycles. The summed E-state index contributed by atoms with van der Waals surface area (Å²) >= 11 is 1.65. The predicted molar refractivity (Wildman–Crippen MR) is 47.0 cm³/mol. The van der Waals surface area contributed by atoms with Gasteiger partial charge < -0.3 is 5.32 Å². The summed E-state index contributed by atoms with van der Waals surface area (Å²) in [5, 5.41) is 4.86. The molecule has 3 heteroatoms. The third kappa shape index (κ3) is 1.34. The van der Waals surface area contributed by atoms with Crippen molar-refractivity contribution >= 4 is 23.7 Å². The minimum absolute atomic E-state index is 0. The molecule has 1 aromatic rings. The van der Waals surface area contributed by atoms with Crippen LogP contribution in [0.25, 0.3) is 0 Å². The molecular weight excluding hydrogens is 167 g/mol. The molecule has 2 heterocycles. The van der Waals surface area contributed by atoms with E-state index in [0.29, 0.717) is 13.0 Å². The fraction of sp³-hybridized carbons (Fsp3) is 0.429. The first-order valence-electron chi connectivity index (χ1n) is 3.98. The molecule has 0 aromatic carbocycles. The number of nitrogens with one attached hydrogen (secondary N) is 1. The number of hydrogen-bond donors (Lipinski definition) is 1. The number of rotatable bonds is 0. The van der Waals surface area contributed by atoms with E-state index in [1.54, 1.807) is 11.3 Å². The number of hydrogen-bond acceptors (Lipinski definition) is 2. The van der Waals surface area contributed by atoms with Crippen molar-refractivity contribution in [2.45, 2.75) is 13.0 Å². The Balaban J connectivity index is 0.000000720. The zero-order chi connectivity index (χ0) is 7.90. The fourth-order valence-electron chi connectivity index (χ4n) is 0.980. The second-order valence-corrected chi connectivity index (χ2v) is 3.08. The van der Waals surface area contributed by atoms with Gasteiger partial charge in [-0.1, -0.05) is 0 Å². The van der Waals surface area contributed by atoms with Crippen LogP contribution in [-0.4, -0.2) is 6.50 Å². The first-order valence-corrected chi connectivity index (χ1v) is 3.86. The van der Waals surface area contributed by atoms with E-state index in [9.17, 15) is 0 Å². The van der Waals surface area contributed by atoms with Crippen LogP contribution in [0.15, 0.2) is 11.4 Å². The van der Waals surface area contributed by atoms with Crippen molar-refractivity contribution in [3.05, 3.63) is 21.9 Å². The summed E-state index contributed by atoms with van der Waals surface area (Å²) in [7, 11) is 0. The van der Waals surface area contributed by atoms with E-state index >= 15 is 0 Å². The molecule has 0 atom stereocenters. The smallest absolute Gasteiger partial charge is 0.0432 e. The first-order chi connectivity index (χ1) is 5.17. The van der Waals surface area contributed by atoms with Crippen LogP contribution in [0.4, 0.5) is 0 Å². The maximum atomic E-state index is 7.46. The Bertz CT molecular complexity index is 274. The summed E-state index contributed by atoms with van der Waals surface area (Å²) in [5.41, 5.74) is 1.25. The highest BCUT2D eigenvalue weighted by molar-refractivity contribution is 7.10. The van der Waals surface area contributed by atoms with Crippen molar-refractivity contribution in [2.75, 3.05) is 6.50 Å². The molecule has 1 aromatic heterocycles. The van der Waals surface area contributed by atoms with Crippen molar-refractivity contribution in [1.82, 2.24) is 5.32 Å². The maximum absolute atomic E-state index is 7.46. The molecule has 1 aliphatic heterocycles. The topological polar surface area (TPSA) is 12.0 Å². The molecule has 1 aliphatic rings. The van der Waals surface area contributed by atoms with Gasteiger partial charge in [-0.3, -0.25) is 0 Å². The van der Waals surface area contributed by atoms with E-state index in [1.807, 2.05) is 5.38 Å². The van der Waals surface area contributed by atoms with Crippen molar-refractivity contribution in [2.24, 2.45) is 0 Å². The highest BCUT2D eigenvalue weighted by Gasteiger charge is 2.07. The van der Waals surface area contributed by atoms with Gasteiger partial charge in [0, 0.05) is 20.7 Å². The lowest BCUT2D eigenvalue weighted by Gasteiger charge is -2.10. The van der Waals surface area contributed by atoms with Crippen molar-refractivity contribution in [1.29, 1.82) is 0 Å². The fourth-order valence-corrected chi connectivity index (χ4v) is 1.82. The van der Waals surface area contributed by atoms with Gasteiger partial charge in [-0.2, -0.15) is 0 Å². The normalized spacial score (nSPS) is 23.6. The van der Waals surface area contributed by atoms with Gasteiger partial charge in [0.2, 0.25) is 0 Å². The lowest BCUT2D eigenvalue weighted by Crippen LogP contribution is -2.21. The van der Waals surface area contributed by atoms with Gasteiger partial charge in [-0.15, -0.1) is 23.7 Å². The highest BCUT2D eigenvalue weighted by atomic mass is 35.5. The molecule has 2 rings (SSSR count). The van der Waals surface area contributed by atoms with Gasteiger partial charge in [-0.05, 0) is 23.4 Å². The average Bonchev–Trinajstić information content (AvgIpc) is 2.31. The van der Waals surface area contributed by atoms with E-state index in [4.69, 9.17) is 2.74 Å². The third-order valence-corrected chi connectivity index (χ3v) is 2.45. The van der Waals surface area contributed by atoms with Crippen LogP contribution in [0, 0.1) is 0 Å². The first kappa shape index (κ1) is 5.58.